The summed E-state index contributed by atoms with van der Waals surface area (Å²) < 4.78 is 5.22. The number of hydrogen-bond donors (Lipinski definition) is 1. The Kier molecular flexibility index (Phi) is 4.18. The van der Waals surface area contributed by atoms with Gasteiger partial charge in [0.1, 0.15) is 5.41 Å². The predicted molar refractivity (Wildman–Crippen MR) is 71.1 cm³/mol. The lowest BCUT2D eigenvalue weighted by molar-refractivity contribution is -0.132. The Morgan fingerprint density at radius 3 is 2.58 bits per heavy atom. The van der Waals surface area contributed by atoms with Crippen LogP contribution in [0.4, 0.5) is 0 Å². The second kappa shape index (κ2) is 5.85. The van der Waals surface area contributed by atoms with Gasteiger partial charge in [0.2, 0.25) is 5.91 Å². The lowest BCUT2D eigenvalue weighted by Crippen LogP contribution is -2.43. The molecule has 100 valence electrons. The van der Waals surface area contributed by atoms with E-state index in [-0.39, 0.29) is 5.91 Å². The number of carbonyl (C=O) groups excluding carboxylic acids is 1. The zero-order valence-corrected chi connectivity index (χ0v) is 11.1. The fraction of sp³-hybridized carbons (Fsp3) is 0.467. The van der Waals surface area contributed by atoms with Gasteiger partial charge in [-0.15, -0.1) is 0 Å². The number of aryl methyl sites for hydroxylation is 1. The average molecular weight is 258 g/mol. The van der Waals surface area contributed by atoms with Gasteiger partial charge in [-0.3, -0.25) is 4.79 Å². The third-order valence-electron chi connectivity index (χ3n) is 3.57. The summed E-state index contributed by atoms with van der Waals surface area (Å²) in [6, 6.07) is 10.2. The number of nitriles is 1. The molecule has 0 radical (unpaired) electrons. The molecule has 0 aliphatic carbocycles. The third-order valence-corrected chi connectivity index (χ3v) is 3.57. The van der Waals surface area contributed by atoms with E-state index < -0.39 is 5.41 Å². The SMILES string of the molecule is Cc1ccc(CNC(=O)C2(C#N)CCOCC2)cc1. The summed E-state index contributed by atoms with van der Waals surface area (Å²) in [7, 11) is 0. The quantitative estimate of drug-likeness (QED) is 0.901. The van der Waals surface area contributed by atoms with Gasteiger partial charge in [-0.2, -0.15) is 5.26 Å². The van der Waals surface area contributed by atoms with Gasteiger partial charge in [-0.25, -0.2) is 0 Å². The van der Waals surface area contributed by atoms with Gasteiger partial charge >= 0.3 is 0 Å². The molecule has 4 nitrogen and oxygen atoms in total. The molecule has 1 saturated heterocycles. The van der Waals surface area contributed by atoms with Crippen molar-refractivity contribution in [1.82, 2.24) is 5.32 Å². The van der Waals surface area contributed by atoms with E-state index >= 15 is 0 Å². The summed E-state index contributed by atoms with van der Waals surface area (Å²) >= 11 is 0. The molecule has 0 atom stereocenters. The van der Waals surface area contributed by atoms with Crippen molar-refractivity contribution < 1.29 is 9.53 Å². The standard InChI is InChI=1S/C15H18N2O2/c1-12-2-4-13(5-3-12)10-17-14(18)15(11-16)6-8-19-9-7-15/h2-5H,6-10H2,1H3,(H,17,18). The first-order valence-corrected chi connectivity index (χ1v) is 6.49. The molecule has 1 heterocycles. The van der Waals surface area contributed by atoms with Gasteiger partial charge < -0.3 is 10.1 Å². The van der Waals surface area contributed by atoms with Crippen LogP contribution in [-0.2, 0) is 16.1 Å². The van der Waals surface area contributed by atoms with Crippen LogP contribution in [0, 0.1) is 23.7 Å². The minimum absolute atomic E-state index is 0.182. The number of hydrogen-bond acceptors (Lipinski definition) is 3. The molecule has 0 spiro atoms. The Morgan fingerprint density at radius 1 is 1.37 bits per heavy atom. The van der Waals surface area contributed by atoms with E-state index in [1.165, 1.54) is 5.56 Å². The van der Waals surface area contributed by atoms with Crippen molar-refractivity contribution in [3.05, 3.63) is 35.4 Å². The number of carbonyl (C=O) groups is 1. The van der Waals surface area contributed by atoms with Crippen LogP contribution in [0.15, 0.2) is 24.3 Å². The highest BCUT2D eigenvalue weighted by molar-refractivity contribution is 5.85. The fourth-order valence-corrected chi connectivity index (χ4v) is 2.17. The van der Waals surface area contributed by atoms with Gasteiger partial charge in [0.05, 0.1) is 6.07 Å². The zero-order valence-electron chi connectivity index (χ0n) is 11.1. The Bertz CT molecular complexity index is 482. The molecule has 1 amide bonds. The van der Waals surface area contributed by atoms with E-state index in [1.54, 1.807) is 0 Å². The molecular weight excluding hydrogens is 240 g/mol. The zero-order chi connectivity index (χ0) is 13.7. The first kappa shape index (κ1) is 13.6. The van der Waals surface area contributed by atoms with Crippen molar-refractivity contribution in [1.29, 1.82) is 5.26 Å². The van der Waals surface area contributed by atoms with Crippen molar-refractivity contribution in [2.24, 2.45) is 5.41 Å². The molecule has 0 aromatic heterocycles. The molecule has 1 aliphatic heterocycles. The first-order valence-electron chi connectivity index (χ1n) is 6.49. The molecule has 1 aromatic carbocycles. The molecule has 19 heavy (non-hydrogen) atoms. The van der Waals surface area contributed by atoms with Crippen molar-refractivity contribution in [3.63, 3.8) is 0 Å². The predicted octanol–water partition coefficient (Wildman–Crippen LogP) is 1.93. The van der Waals surface area contributed by atoms with Gasteiger partial charge in [0.15, 0.2) is 0 Å². The Labute approximate surface area is 113 Å². The number of nitrogens with zero attached hydrogens (tertiary/aromatic N) is 1. The van der Waals surface area contributed by atoms with E-state index in [9.17, 15) is 10.1 Å². The van der Waals surface area contributed by atoms with Crippen LogP contribution in [0.25, 0.3) is 0 Å². The molecule has 1 fully saturated rings. The van der Waals surface area contributed by atoms with Crippen LogP contribution in [-0.4, -0.2) is 19.1 Å². The summed E-state index contributed by atoms with van der Waals surface area (Å²) in [5, 5.41) is 12.1. The highest BCUT2D eigenvalue weighted by atomic mass is 16.5. The van der Waals surface area contributed by atoms with Crippen LogP contribution < -0.4 is 5.32 Å². The Hall–Kier alpha value is -1.86. The van der Waals surface area contributed by atoms with E-state index in [2.05, 4.69) is 11.4 Å². The number of ether oxygens (including phenoxy) is 1. The largest absolute Gasteiger partial charge is 0.381 e. The Balaban J connectivity index is 1.96. The van der Waals surface area contributed by atoms with Crippen LogP contribution in [0.3, 0.4) is 0 Å². The van der Waals surface area contributed by atoms with Crippen molar-refractivity contribution in [2.75, 3.05) is 13.2 Å². The minimum Gasteiger partial charge on any atom is -0.381 e. The molecule has 4 heteroatoms. The van der Waals surface area contributed by atoms with Crippen molar-refractivity contribution in [3.8, 4) is 6.07 Å². The monoisotopic (exact) mass is 258 g/mol. The molecule has 1 aromatic rings. The second-order valence-electron chi connectivity index (χ2n) is 4.97. The number of benzene rings is 1. The Morgan fingerprint density at radius 2 is 2.00 bits per heavy atom. The van der Waals surface area contributed by atoms with E-state index in [4.69, 9.17) is 4.74 Å². The molecule has 1 N–H and O–H groups in total. The topological polar surface area (TPSA) is 62.1 Å². The lowest BCUT2D eigenvalue weighted by Gasteiger charge is -2.29. The summed E-state index contributed by atoms with van der Waals surface area (Å²) in [5.41, 5.74) is 1.32. The minimum atomic E-state index is -0.914. The first-order chi connectivity index (χ1) is 9.16. The number of amides is 1. The van der Waals surface area contributed by atoms with Crippen molar-refractivity contribution in [2.45, 2.75) is 26.3 Å². The van der Waals surface area contributed by atoms with Crippen LogP contribution >= 0.6 is 0 Å². The van der Waals surface area contributed by atoms with Crippen LogP contribution in [0.2, 0.25) is 0 Å². The molecule has 0 bridgehead atoms. The molecule has 1 aliphatic rings. The average Bonchev–Trinajstić information content (AvgIpc) is 2.47. The van der Waals surface area contributed by atoms with Gasteiger partial charge in [0, 0.05) is 19.8 Å². The summed E-state index contributed by atoms with van der Waals surface area (Å²) in [4.78, 5) is 12.2. The molecular formula is C15H18N2O2. The van der Waals surface area contributed by atoms with E-state index in [0.29, 0.717) is 32.6 Å². The maximum atomic E-state index is 12.2. The van der Waals surface area contributed by atoms with Gasteiger partial charge in [-0.05, 0) is 25.3 Å². The van der Waals surface area contributed by atoms with Crippen LogP contribution in [0.1, 0.15) is 24.0 Å². The number of rotatable bonds is 3. The summed E-state index contributed by atoms with van der Waals surface area (Å²) in [5.74, 6) is -0.182. The normalized spacial score (nSPS) is 17.5. The van der Waals surface area contributed by atoms with Gasteiger partial charge in [-0.1, -0.05) is 29.8 Å². The van der Waals surface area contributed by atoms with Crippen LogP contribution in [0.5, 0.6) is 0 Å². The lowest BCUT2D eigenvalue weighted by atomic mass is 9.81. The molecule has 0 unspecified atom stereocenters. The maximum absolute atomic E-state index is 12.2. The van der Waals surface area contributed by atoms with Gasteiger partial charge in [0.25, 0.3) is 0 Å². The highest BCUT2D eigenvalue weighted by Crippen LogP contribution is 2.29. The third kappa shape index (κ3) is 3.12. The van der Waals surface area contributed by atoms with Crippen molar-refractivity contribution >= 4 is 5.91 Å². The summed E-state index contributed by atoms with van der Waals surface area (Å²) in [6.07, 6.45) is 0.951. The highest BCUT2D eigenvalue weighted by Gasteiger charge is 2.40. The molecule has 2 rings (SSSR count). The smallest absolute Gasteiger partial charge is 0.240 e. The van der Waals surface area contributed by atoms with E-state index in [0.717, 1.165) is 5.56 Å². The molecule has 0 saturated carbocycles. The maximum Gasteiger partial charge on any atom is 0.240 e. The fourth-order valence-electron chi connectivity index (χ4n) is 2.17. The van der Waals surface area contributed by atoms with E-state index in [1.807, 2.05) is 31.2 Å². The summed E-state index contributed by atoms with van der Waals surface area (Å²) in [6.45, 7) is 3.44. The second-order valence-corrected chi connectivity index (χ2v) is 4.97. The number of nitrogens with one attached hydrogen (secondary N) is 1.